The van der Waals surface area contributed by atoms with Crippen LogP contribution in [-0.4, -0.2) is 25.8 Å². The summed E-state index contributed by atoms with van der Waals surface area (Å²) in [5.74, 6) is -0.958. The summed E-state index contributed by atoms with van der Waals surface area (Å²) in [6.45, 7) is 1.89. The van der Waals surface area contributed by atoms with Crippen LogP contribution in [0.4, 0.5) is 0 Å². The minimum Gasteiger partial charge on any atom is -0.478 e. The molecule has 0 fully saturated rings. The molecule has 0 aliphatic heterocycles. The number of aromatic carboxylic acids is 1. The Morgan fingerprint density at radius 2 is 2.12 bits per heavy atom. The van der Waals surface area contributed by atoms with Crippen LogP contribution < -0.4 is 0 Å². The molecule has 2 rings (SSSR count). The van der Waals surface area contributed by atoms with E-state index in [-0.39, 0.29) is 5.56 Å². The number of aromatic nitrogens is 3. The molecule has 1 N–H and O–H groups in total. The Kier molecular flexibility index (Phi) is 2.44. The van der Waals surface area contributed by atoms with Crippen LogP contribution in [0.15, 0.2) is 24.7 Å². The lowest BCUT2D eigenvalue weighted by Gasteiger charge is -2.04. The first-order valence-corrected chi connectivity index (χ1v) is 4.77. The van der Waals surface area contributed by atoms with E-state index in [0.717, 1.165) is 11.3 Å². The minimum atomic E-state index is -0.958. The Morgan fingerprint density at radius 3 is 2.69 bits per heavy atom. The first-order chi connectivity index (χ1) is 7.61. The van der Waals surface area contributed by atoms with Crippen LogP contribution in [0.3, 0.4) is 0 Å². The van der Waals surface area contributed by atoms with Crippen LogP contribution in [0, 0.1) is 6.92 Å². The molecule has 2 aromatic rings. The number of nitrogens with zero attached hydrogens (tertiary/aromatic N) is 3. The molecule has 2 aromatic heterocycles. The molecular formula is C11H11N3O2. The summed E-state index contributed by atoms with van der Waals surface area (Å²) < 4.78 is 1.70. The predicted octanol–water partition coefficient (Wildman–Crippen LogP) is 1.49. The Balaban J connectivity index is 2.64. The van der Waals surface area contributed by atoms with Crippen LogP contribution in [0.2, 0.25) is 0 Å². The zero-order valence-corrected chi connectivity index (χ0v) is 9.01. The molecule has 0 amide bonds. The van der Waals surface area contributed by atoms with Crippen molar-refractivity contribution in [2.75, 3.05) is 0 Å². The van der Waals surface area contributed by atoms with Crippen molar-refractivity contribution in [3.8, 4) is 11.1 Å². The van der Waals surface area contributed by atoms with Gasteiger partial charge in [-0.05, 0) is 13.0 Å². The van der Waals surface area contributed by atoms with Crippen molar-refractivity contribution >= 4 is 5.97 Å². The molecule has 0 unspecified atom stereocenters. The highest BCUT2D eigenvalue weighted by molar-refractivity contribution is 5.95. The zero-order valence-electron chi connectivity index (χ0n) is 9.01. The van der Waals surface area contributed by atoms with Crippen molar-refractivity contribution < 1.29 is 9.90 Å². The average Bonchev–Trinajstić information content (AvgIpc) is 2.60. The van der Waals surface area contributed by atoms with Crippen molar-refractivity contribution in [1.82, 2.24) is 14.8 Å². The Bertz CT molecular complexity index is 546. The highest BCUT2D eigenvalue weighted by atomic mass is 16.4. The van der Waals surface area contributed by atoms with E-state index < -0.39 is 5.97 Å². The summed E-state index contributed by atoms with van der Waals surface area (Å²) >= 11 is 0. The fourth-order valence-corrected chi connectivity index (χ4v) is 1.56. The molecule has 16 heavy (non-hydrogen) atoms. The number of carboxylic acids is 1. The number of rotatable bonds is 2. The van der Waals surface area contributed by atoms with Gasteiger partial charge in [0.1, 0.15) is 0 Å². The number of carbonyl (C=O) groups is 1. The fraction of sp³-hybridized carbons (Fsp3) is 0.182. The molecule has 5 heteroatoms. The van der Waals surface area contributed by atoms with E-state index >= 15 is 0 Å². The zero-order chi connectivity index (χ0) is 11.7. The van der Waals surface area contributed by atoms with Gasteiger partial charge < -0.3 is 5.11 Å². The lowest BCUT2D eigenvalue weighted by atomic mass is 10.0. The van der Waals surface area contributed by atoms with Crippen LogP contribution in [0.25, 0.3) is 11.1 Å². The van der Waals surface area contributed by atoms with Crippen LogP contribution in [-0.2, 0) is 7.05 Å². The molecular weight excluding hydrogens is 206 g/mol. The third-order valence-corrected chi connectivity index (χ3v) is 2.58. The molecule has 0 spiro atoms. The summed E-state index contributed by atoms with van der Waals surface area (Å²) in [7, 11) is 1.82. The van der Waals surface area contributed by atoms with E-state index in [0.29, 0.717) is 5.56 Å². The smallest absolute Gasteiger partial charge is 0.336 e. The van der Waals surface area contributed by atoms with E-state index in [4.69, 9.17) is 5.11 Å². The molecule has 2 heterocycles. The van der Waals surface area contributed by atoms with E-state index in [2.05, 4.69) is 10.1 Å². The lowest BCUT2D eigenvalue weighted by Crippen LogP contribution is -2.00. The maximum absolute atomic E-state index is 11.1. The summed E-state index contributed by atoms with van der Waals surface area (Å²) in [5, 5.41) is 13.2. The van der Waals surface area contributed by atoms with E-state index in [1.54, 1.807) is 17.1 Å². The molecule has 0 radical (unpaired) electrons. The fourth-order valence-electron chi connectivity index (χ4n) is 1.56. The normalized spacial score (nSPS) is 10.4. The maximum atomic E-state index is 11.1. The molecule has 5 nitrogen and oxygen atoms in total. The van der Waals surface area contributed by atoms with Gasteiger partial charge in [-0.1, -0.05) is 0 Å². The highest BCUT2D eigenvalue weighted by Gasteiger charge is 2.15. The predicted molar refractivity (Wildman–Crippen MR) is 58.1 cm³/mol. The van der Waals surface area contributed by atoms with Gasteiger partial charge in [0, 0.05) is 36.3 Å². The summed E-state index contributed by atoms with van der Waals surface area (Å²) in [6, 6.07) is 1.49. The standard InChI is InChI=1S/C11H11N3O2/c1-7-9(6-13-14(7)2)10-5-12-4-3-8(10)11(15)16/h3-6H,1-2H3,(H,15,16). The SMILES string of the molecule is Cc1c(-c2cnccc2C(=O)O)cnn1C. The topological polar surface area (TPSA) is 68.0 Å². The number of pyridine rings is 1. The third-order valence-electron chi connectivity index (χ3n) is 2.58. The second-order valence-corrected chi connectivity index (χ2v) is 3.49. The van der Waals surface area contributed by atoms with Crippen molar-refractivity contribution in [1.29, 1.82) is 0 Å². The van der Waals surface area contributed by atoms with Gasteiger partial charge in [0.15, 0.2) is 0 Å². The Hall–Kier alpha value is -2.17. The van der Waals surface area contributed by atoms with Gasteiger partial charge in [0.05, 0.1) is 11.8 Å². The van der Waals surface area contributed by atoms with Crippen molar-refractivity contribution in [2.24, 2.45) is 7.05 Å². The van der Waals surface area contributed by atoms with Crippen molar-refractivity contribution in [2.45, 2.75) is 6.92 Å². The largest absolute Gasteiger partial charge is 0.478 e. The number of aryl methyl sites for hydroxylation is 1. The van der Waals surface area contributed by atoms with Gasteiger partial charge in [-0.3, -0.25) is 9.67 Å². The average molecular weight is 217 g/mol. The minimum absolute atomic E-state index is 0.242. The molecule has 0 saturated heterocycles. The number of hydrogen-bond donors (Lipinski definition) is 1. The molecule has 0 aromatic carbocycles. The van der Waals surface area contributed by atoms with E-state index in [1.165, 1.54) is 12.3 Å². The maximum Gasteiger partial charge on any atom is 0.336 e. The van der Waals surface area contributed by atoms with Gasteiger partial charge in [-0.2, -0.15) is 5.10 Å². The van der Waals surface area contributed by atoms with Gasteiger partial charge in [-0.15, -0.1) is 0 Å². The van der Waals surface area contributed by atoms with Gasteiger partial charge >= 0.3 is 5.97 Å². The summed E-state index contributed by atoms with van der Waals surface area (Å²) in [5.41, 5.74) is 2.55. The van der Waals surface area contributed by atoms with E-state index in [9.17, 15) is 4.79 Å². The second kappa shape index (κ2) is 3.77. The Morgan fingerprint density at radius 1 is 1.38 bits per heavy atom. The van der Waals surface area contributed by atoms with E-state index in [1.807, 2.05) is 14.0 Å². The lowest BCUT2D eigenvalue weighted by molar-refractivity contribution is 0.0697. The van der Waals surface area contributed by atoms with Crippen molar-refractivity contribution in [3.05, 3.63) is 35.9 Å². The first-order valence-electron chi connectivity index (χ1n) is 4.77. The summed E-state index contributed by atoms with van der Waals surface area (Å²) in [4.78, 5) is 15.0. The monoisotopic (exact) mass is 217 g/mol. The Labute approximate surface area is 92.4 Å². The number of carboxylic acid groups (broad SMARTS) is 1. The molecule has 0 aliphatic rings. The highest BCUT2D eigenvalue weighted by Crippen LogP contribution is 2.25. The number of hydrogen-bond acceptors (Lipinski definition) is 3. The van der Waals surface area contributed by atoms with Crippen molar-refractivity contribution in [3.63, 3.8) is 0 Å². The van der Waals surface area contributed by atoms with Crippen LogP contribution in [0.5, 0.6) is 0 Å². The molecule has 0 saturated carbocycles. The van der Waals surface area contributed by atoms with Gasteiger partial charge in [-0.25, -0.2) is 4.79 Å². The first kappa shape index (κ1) is 10.4. The second-order valence-electron chi connectivity index (χ2n) is 3.49. The van der Waals surface area contributed by atoms with Gasteiger partial charge in [0.2, 0.25) is 0 Å². The quantitative estimate of drug-likeness (QED) is 0.827. The van der Waals surface area contributed by atoms with Crippen LogP contribution >= 0.6 is 0 Å². The molecule has 0 atom stereocenters. The molecule has 0 bridgehead atoms. The molecule has 82 valence electrons. The molecule has 0 aliphatic carbocycles. The third kappa shape index (κ3) is 1.56. The van der Waals surface area contributed by atoms with Crippen LogP contribution in [0.1, 0.15) is 16.1 Å². The van der Waals surface area contributed by atoms with Gasteiger partial charge in [0.25, 0.3) is 0 Å². The summed E-state index contributed by atoms with van der Waals surface area (Å²) in [6.07, 6.45) is 4.67.